The first-order chi connectivity index (χ1) is 28.6. The average Bonchev–Trinajstić information content (AvgIpc) is 3.85. The van der Waals surface area contributed by atoms with E-state index >= 15 is 0 Å². The minimum atomic E-state index is 0.791. The monoisotopic (exact) mass is 743 g/mol. The van der Waals surface area contributed by atoms with Crippen molar-refractivity contribution >= 4 is 21.9 Å². The van der Waals surface area contributed by atoms with E-state index in [1.807, 2.05) is 6.07 Å². The van der Waals surface area contributed by atoms with Crippen LogP contribution in [0.2, 0.25) is 0 Å². The average molecular weight is 744 g/mol. The van der Waals surface area contributed by atoms with E-state index in [4.69, 9.17) is 14.6 Å². The Bertz CT molecular complexity index is 3200. The Morgan fingerprint density at radius 3 is 1.79 bits per heavy atom. The molecule has 2 heterocycles. The highest BCUT2D eigenvalue weighted by Gasteiger charge is 2.31. The minimum Gasteiger partial charge on any atom is -0.456 e. The van der Waals surface area contributed by atoms with Gasteiger partial charge in [-0.05, 0) is 104 Å². The number of nitrogens with zero attached hydrogens (tertiary/aromatic N) is 3. The largest absolute Gasteiger partial charge is 0.456 e. The molecule has 0 fully saturated rings. The molecule has 0 bridgehead atoms. The highest BCUT2D eigenvalue weighted by Crippen LogP contribution is 2.53. The standard InChI is InChI=1S/C54H37N3O/c1-33-31-44-39-24-13-12-23-38(39)32-45(44)48(34(33)2)52-53(37-21-10-5-11-22-37)55-57-56-54(52)50-40(35-17-6-3-7-18-35)26-16-27-43(50)49-41(36-19-8-4-9-20-36)29-30-47-51(49)42-25-14-15-28-46(42)58-47/h3-31H,32H2,1-2H3. The highest BCUT2D eigenvalue weighted by molar-refractivity contribution is 6.18. The summed E-state index contributed by atoms with van der Waals surface area (Å²) in [7, 11) is 0. The van der Waals surface area contributed by atoms with Gasteiger partial charge in [-0.2, -0.15) is 0 Å². The van der Waals surface area contributed by atoms with Gasteiger partial charge in [-0.3, -0.25) is 0 Å². The highest BCUT2D eigenvalue weighted by atomic mass is 16.3. The fraction of sp³-hybridized carbons (Fsp3) is 0.0556. The number of aryl methyl sites for hydroxylation is 1. The Kier molecular flexibility index (Phi) is 7.97. The summed E-state index contributed by atoms with van der Waals surface area (Å²) >= 11 is 0. The van der Waals surface area contributed by atoms with E-state index in [0.29, 0.717) is 0 Å². The number of rotatable bonds is 6. The van der Waals surface area contributed by atoms with Gasteiger partial charge in [0.25, 0.3) is 0 Å². The molecule has 0 radical (unpaired) electrons. The summed E-state index contributed by atoms with van der Waals surface area (Å²) in [5.74, 6) is 0. The molecule has 58 heavy (non-hydrogen) atoms. The Morgan fingerprint density at radius 2 is 1.03 bits per heavy atom. The number of benzene rings is 8. The van der Waals surface area contributed by atoms with Gasteiger partial charge in [-0.1, -0.05) is 164 Å². The first-order valence-electron chi connectivity index (χ1n) is 19.8. The van der Waals surface area contributed by atoms with Crippen molar-refractivity contribution in [2.45, 2.75) is 20.3 Å². The van der Waals surface area contributed by atoms with Crippen LogP contribution in [-0.4, -0.2) is 15.4 Å². The normalized spacial score (nSPS) is 11.9. The van der Waals surface area contributed by atoms with Gasteiger partial charge in [-0.25, -0.2) is 0 Å². The lowest BCUT2D eigenvalue weighted by Crippen LogP contribution is -2.06. The predicted molar refractivity (Wildman–Crippen MR) is 237 cm³/mol. The van der Waals surface area contributed by atoms with Crippen LogP contribution in [0.15, 0.2) is 180 Å². The molecule has 1 aliphatic carbocycles. The van der Waals surface area contributed by atoms with Crippen LogP contribution in [0.3, 0.4) is 0 Å². The number of hydrogen-bond donors (Lipinski definition) is 0. The van der Waals surface area contributed by atoms with Crippen LogP contribution in [0.25, 0.3) is 100 Å². The van der Waals surface area contributed by atoms with Crippen molar-refractivity contribution in [3.63, 3.8) is 0 Å². The summed E-state index contributed by atoms with van der Waals surface area (Å²) < 4.78 is 6.61. The summed E-state index contributed by atoms with van der Waals surface area (Å²) in [6.45, 7) is 4.48. The molecule has 0 aliphatic heterocycles. The first-order valence-corrected chi connectivity index (χ1v) is 19.8. The van der Waals surface area contributed by atoms with E-state index < -0.39 is 0 Å². The summed E-state index contributed by atoms with van der Waals surface area (Å²) in [5, 5.41) is 16.9. The van der Waals surface area contributed by atoms with Crippen molar-refractivity contribution in [2.75, 3.05) is 0 Å². The van der Waals surface area contributed by atoms with Gasteiger partial charge >= 0.3 is 0 Å². The molecule has 2 aromatic heterocycles. The van der Waals surface area contributed by atoms with Crippen LogP contribution in [-0.2, 0) is 6.42 Å². The van der Waals surface area contributed by atoms with Crippen molar-refractivity contribution < 1.29 is 4.42 Å². The zero-order chi connectivity index (χ0) is 38.7. The molecule has 0 unspecified atom stereocenters. The molecule has 4 nitrogen and oxygen atoms in total. The third kappa shape index (κ3) is 5.33. The third-order valence-corrected chi connectivity index (χ3v) is 12.0. The maximum atomic E-state index is 6.61. The topological polar surface area (TPSA) is 51.8 Å². The second-order valence-corrected chi connectivity index (χ2v) is 15.2. The van der Waals surface area contributed by atoms with Crippen molar-refractivity contribution in [3.8, 4) is 78.1 Å². The zero-order valence-corrected chi connectivity index (χ0v) is 32.2. The van der Waals surface area contributed by atoms with Crippen molar-refractivity contribution in [1.29, 1.82) is 0 Å². The molecular formula is C54H37N3O. The predicted octanol–water partition coefficient (Wildman–Crippen LogP) is 14.0. The van der Waals surface area contributed by atoms with Crippen LogP contribution in [0, 0.1) is 13.8 Å². The molecule has 0 N–H and O–H groups in total. The fourth-order valence-electron chi connectivity index (χ4n) is 9.22. The molecule has 274 valence electrons. The molecular weight excluding hydrogens is 707 g/mol. The first kappa shape index (κ1) is 33.9. The second kappa shape index (κ2) is 13.6. The lowest BCUT2D eigenvalue weighted by molar-refractivity contribution is 0.669. The molecule has 10 aromatic rings. The maximum Gasteiger partial charge on any atom is 0.136 e. The van der Waals surface area contributed by atoms with Crippen LogP contribution in [0.4, 0.5) is 0 Å². The van der Waals surface area contributed by atoms with Crippen LogP contribution in [0.1, 0.15) is 22.3 Å². The van der Waals surface area contributed by atoms with Crippen LogP contribution in [0.5, 0.6) is 0 Å². The Labute approximate surface area is 337 Å². The van der Waals surface area contributed by atoms with Crippen molar-refractivity contribution in [2.24, 2.45) is 0 Å². The van der Waals surface area contributed by atoms with Gasteiger partial charge in [0.05, 0.1) is 0 Å². The van der Waals surface area contributed by atoms with Gasteiger partial charge in [0.1, 0.15) is 22.6 Å². The van der Waals surface area contributed by atoms with Crippen LogP contribution < -0.4 is 0 Å². The Hall–Kier alpha value is -7.43. The lowest BCUT2D eigenvalue weighted by atomic mass is 9.80. The smallest absolute Gasteiger partial charge is 0.136 e. The van der Waals surface area contributed by atoms with Crippen molar-refractivity contribution in [3.05, 3.63) is 198 Å². The van der Waals surface area contributed by atoms with E-state index in [1.54, 1.807) is 0 Å². The van der Waals surface area contributed by atoms with Gasteiger partial charge in [0.2, 0.25) is 0 Å². The van der Waals surface area contributed by atoms with E-state index in [9.17, 15) is 0 Å². The molecule has 8 aromatic carbocycles. The zero-order valence-electron chi connectivity index (χ0n) is 32.2. The molecule has 11 rings (SSSR count). The van der Waals surface area contributed by atoms with Gasteiger partial charge in [-0.15, -0.1) is 10.2 Å². The molecule has 0 saturated carbocycles. The van der Waals surface area contributed by atoms with Gasteiger partial charge in [0.15, 0.2) is 0 Å². The second-order valence-electron chi connectivity index (χ2n) is 15.2. The number of para-hydroxylation sites is 1. The number of aromatic nitrogens is 3. The molecule has 4 heteroatoms. The minimum absolute atomic E-state index is 0.791. The fourth-order valence-corrected chi connectivity index (χ4v) is 9.22. The summed E-state index contributed by atoms with van der Waals surface area (Å²) in [6, 6.07) is 62.3. The summed E-state index contributed by atoms with van der Waals surface area (Å²) in [6.07, 6.45) is 0.823. The number of hydrogen-bond acceptors (Lipinski definition) is 4. The Balaban J connectivity index is 1.33. The lowest BCUT2D eigenvalue weighted by Gasteiger charge is -2.23. The van der Waals surface area contributed by atoms with E-state index in [2.05, 4.69) is 189 Å². The van der Waals surface area contributed by atoms with Crippen LogP contribution >= 0.6 is 0 Å². The van der Waals surface area contributed by atoms with E-state index in [-0.39, 0.29) is 0 Å². The molecule has 0 spiro atoms. The summed E-state index contributed by atoms with van der Waals surface area (Å²) in [4.78, 5) is 0. The molecule has 0 saturated heterocycles. The van der Waals surface area contributed by atoms with Gasteiger partial charge < -0.3 is 4.42 Å². The maximum absolute atomic E-state index is 6.61. The molecule has 0 atom stereocenters. The number of fused-ring (bicyclic) bond motifs is 6. The quantitative estimate of drug-likeness (QED) is 0.170. The SMILES string of the molecule is Cc1cc2c(c(-c3c(-c4ccccc4)nnnc3-c3c(-c4ccccc4)cccc3-c3c(-c4ccccc4)ccc4oc5ccccc5c34)c1C)Cc1ccccc1-2. The van der Waals surface area contributed by atoms with Crippen molar-refractivity contribution in [1.82, 2.24) is 15.4 Å². The van der Waals surface area contributed by atoms with Gasteiger partial charge in [0, 0.05) is 33.0 Å². The third-order valence-electron chi connectivity index (χ3n) is 12.0. The molecule has 1 aliphatic rings. The summed E-state index contributed by atoms with van der Waals surface area (Å²) in [5.41, 5.74) is 21.6. The number of furan rings is 1. The van der Waals surface area contributed by atoms with E-state index in [0.717, 1.165) is 89.8 Å². The van der Waals surface area contributed by atoms with E-state index in [1.165, 1.54) is 38.9 Å². The Morgan fingerprint density at radius 1 is 0.431 bits per heavy atom. The molecule has 0 amide bonds.